The predicted octanol–water partition coefficient (Wildman–Crippen LogP) is 3.43. The monoisotopic (exact) mass is 380 g/mol. The lowest BCUT2D eigenvalue weighted by Gasteiger charge is -2.14. The van der Waals surface area contributed by atoms with E-state index in [4.69, 9.17) is 19.3 Å². The van der Waals surface area contributed by atoms with Gasteiger partial charge in [-0.25, -0.2) is 0 Å². The smallest absolute Gasteiger partial charge is 0.231 e. The van der Waals surface area contributed by atoms with Crippen LogP contribution in [0.4, 0.5) is 0 Å². The van der Waals surface area contributed by atoms with Crippen LogP contribution in [0.15, 0.2) is 52.7 Å². The number of fused-ring (bicyclic) bond motifs is 2. The van der Waals surface area contributed by atoms with Gasteiger partial charge >= 0.3 is 0 Å². The first kappa shape index (κ1) is 16.2. The van der Waals surface area contributed by atoms with E-state index in [0.29, 0.717) is 12.4 Å². The van der Waals surface area contributed by atoms with Gasteiger partial charge in [-0.05, 0) is 37.3 Å². The summed E-state index contributed by atoms with van der Waals surface area (Å²) in [6.07, 6.45) is 0. The maximum atomic E-state index is 5.60. The van der Waals surface area contributed by atoms with E-state index in [-0.39, 0.29) is 6.79 Å². The lowest BCUT2D eigenvalue weighted by molar-refractivity contribution is 0.174. The number of hydrogen-bond donors (Lipinski definition) is 0. The quantitative estimate of drug-likeness (QED) is 0.691. The van der Waals surface area contributed by atoms with Gasteiger partial charge in [0.15, 0.2) is 17.3 Å². The molecule has 2 aliphatic rings. The fourth-order valence-corrected chi connectivity index (χ4v) is 3.86. The van der Waals surface area contributed by atoms with Crippen molar-refractivity contribution in [1.82, 2.24) is 14.9 Å². The first-order chi connectivity index (χ1) is 13.3. The van der Waals surface area contributed by atoms with Crippen LogP contribution in [0.5, 0.6) is 17.2 Å². The van der Waals surface area contributed by atoms with Crippen molar-refractivity contribution in [2.45, 2.75) is 12.1 Å². The summed E-state index contributed by atoms with van der Waals surface area (Å²) in [6, 6.07) is 13.7. The van der Waals surface area contributed by atoms with E-state index in [9.17, 15) is 0 Å². The Bertz CT molecular complexity index is 1050. The zero-order valence-corrected chi connectivity index (χ0v) is 15.4. The number of thioether (sulfide) groups is 1. The average molecular weight is 380 g/mol. The van der Waals surface area contributed by atoms with Crippen LogP contribution in [0.3, 0.4) is 0 Å². The van der Waals surface area contributed by atoms with Crippen molar-refractivity contribution in [2.24, 2.45) is 5.10 Å². The van der Waals surface area contributed by atoms with Gasteiger partial charge in [-0.1, -0.05) is 23.9 Å². The largest absolute Gasteiger partial charge is 0.494 e. The van der Waals surface area contributed by atoms with Crippen LogP contribution in [0.25, 0.3) is 11.4 Å². The second kappa shape index (κ2) is 6.62. The van der Waals surface area contributed by atoms with Crippen molar-refractivity contribution in [2.75, 3.05) is 19.2 Å². The molecule has 0 spiro atoms. The molecule has 8 heteroatoms. The molecule has 27 heavy (non-hydrogen) atoms. The van der Waals surface area contributed by atoms with Gasteiger partial charge in [0.2, 0.25) is 11.9 Å². The van der Waals surface area contributed by atoms with Crippen molar-refractivity contribution in [3.05, 3.63) is 48.0 Å². The summed E-state index contributed by atoms with van der Waals surface area (Å²) in [6.45, 7) is 2.84. The molecule has 2 aromatic carbocycles. The van der Waals surface area contributed by atoms with Crippen LogP contribution >= 0.6 is 11.8 Å². The molecule has 2 aliphatic heterocycles. The molecule has 0 saturated carbocycles. The topological polar surface area (TPSA) is 70.8 Å². The SMILES string of the molecule is CCOc1cccc(-c2nnc3n2N=C(c2ccc4c(c2)OCO4)CS3)c1. The highest BCUT2D eigenvalue weighted by Gasteiger charge is 2.22. The second-order valence-electron chi connectivity index (χ2n) is 5.98. The Kier molecular flexibility index (Phi) is 3.97. The third-order valence-electron chi connectivity index (χ3n) is 4.28. The maximum absolute atomic E-state index is 5.60. The average Bonchev–Trinajstić information content (AvgIpc) is 3.34. The molecule has 0 saturated heterocycles. The number of nitrogens with zero attached hydrogens (tertiary/aromatic N) is 4. The summed E-state index contributed by atoms with van der Waals surface area (Å²) in [5, 5.41) is 14.2. The van der Waals surface area contributed by atoms with Gasteiger partial charge in [0.25, 0.3) is 0 Å². The van der Waals surface area contributed by atoms with Gasteiger partial charge in [0.05, 0.1) is 12.3 Å². The molecule has 7 nitrogen and oxygen atoms in total. The molecule has 0 fully saturated rings. The maximum Gasteiger partial charge on any atom is 0.231 e. The summed E-state index contributed by atoms with van der Waals surface area (Å²) in [5.74, 6) is 3.73. The first-order valence-electron chi connectivity index (χ1n) is 8.61. The Balaban J connectivity index is 1.54. The fraction of sp³-hybridized carbons (Fsp3) is 0.211. The molecule has 0 radical (unpaired) electrons. The van der Waals surface area contributed by atoms with Crippen LogP contribution < -0.4 is 14.2 Å². The lowest BCUT2D eigenvalue weighted by atomic mass is 10.1. The van der Waals surface area contributed by atoms with E-state index >= 15 is 0 Å². The van der Waals surface area contributed by atoms with Gasteiger partial charge in [0.1, 0.15) is 5.75 Å². The van der Waals surface area contributed by atoms with E-state index in [2.05, 4.69) is 10.2 Å². The number of ether oxygens (including phenoxy) is 3. The molecule has 0 atom stereocenters. The van der Waals surface area contributed by atoms with Gasteiger partial charge in [-0.2, -0.15) is 9.78 Å². The Morgan fingerprint density at radius 1 is 1.07 bits per heavy atom. The number of hydrogen-bond acceptors (Lipinski definition) is 7. The highest BCUT2D eigenvalue weighted by molar-refractivity contribution is 7.99. The van der Waals surface area contributed by atoms with Gasteiger partial charge < -0.3 is 14.2 Å². The van der Waals surface area contributed by atoms with Gasteiger partial charge in [-0.3, -0.25) is 0 Å². The minimum atomic E-state index is 0.260. The fourth-order valence-electron chi connectivity index (χ4n) is 3.02. The normalized spacial score (nSPS) is 14.6. The van der Waals surface area contributed by atoms with Crippen LogP contribution in [-0.2, 0) is 0 Å². The Morgan fingerprint density at radius 2 is 2.00 bits per heavy atom. The lowest BCUT2D eigenvalue weighted by Crippen LogP contribution is -2.13. The standard InChI is InChI=1S/C19H16N4O3S/c1-2-24-14-5-3-4-13(8-14)18-20-21-19-23(18)22-15(10-27-19)12-6-7-16-17(9-12)26-11-25-16/h3-9H,2,10-11H2,1H3. The van der Waals surface area contributed by atoms with E-state index in [1.165, 1.54) is 0 Å². The molecule has 0 N–H and O–H groups in total. The molecular formula is C19H16N4O3S. The minimum Gasteiger partial charge on any atom is -0.494 e. The molecule has 5 rings (SSSR count). The molecular weight excluding hydrogens is 364 g/mol. The Labute approximate surface area is 160 Å². The van der Waals surface area contributed by atoms with Crippen LogP contribution in [0.2, 0.25) is 0 Å². The van der Waals surface area contributed by atoms with Crippen LogP contribution in [0, 0.1) is 0 Å². The van der Waals surface area contributed by atoms with Crippen molar-refractivity contribution in [1.29, 1.82) is 0 Å². The highest BCUT2D eigenvalue weighted by atomic mass is 32.2. The summed E-state index contributed by atoms with van der Waals surface area (Å²) < 4.78 is 18.3. The highest BCUT2D eigenvalue weighted by Crippen LogP contribution is 2.35. The predicted molar refractivity (Wildman–Crippen MR) is 102 cm³/mol. The third kappa shape index (κ3) is 2.91. The molecule has 0 amide bonds. The van der Waals surface area contributed by atoms with Crippen molar-refractivity contribution < 1.29 is 14.2 Å². The molecule has 0 aliphatic carbocycles. The van der Waals surface area contributed by atoms with E-state index < -0.39 is 0 Å². The van der Waals surface area contributed by atoms with Gasteiger partial charge in [0, 0.05) is 16.9 Å². The first-order valence-corrected chi connectivity index (χ1v) is 9.59. The van der Waals surface area contributed by atoms with E-state index in [0.717, 1.165) is 45.0 Å². The molecule has 3 heterocycles. The number of aromatic nitrogens is 3. The van der Waals surface area contributed by atoms with Gasteiger partial charge in [-0.15, -0.1) is 10.2 Å². The minimum absolute atomic E-state index is 0.260. The van der Waals surface area contributed by atoms with Crippen LogP contribution in [0.1, 0.15) is 12.5 Å². The Hall–Kier alpha value is -3.00. The van der Waals surface area contributed by atoms with Crippen LogP contribution in [-0.4, -0.2) is 39.7 Å². The molecule has 3 aromatic rings. The van der Waals surface area contributed by atoms with Crippen molar-refractivity contribution in [3.8, 4) is 28.6 Å². The van der Waals surface area contributed by atoms with E-state index in [1.807, 2.05) is 49.4 Å². The summed E-state index contributed by atoms with van der Waals surface area (Å²) in [4.78, 5) is 0. The number of rotatable bonds is 4. The summed E-state index contributed by atoms with van der Waals surface area (Å²) in [7, 11) is 0. The zero-order valence-electron chi connectivity index (χ0n) is 14.6. The second-order valence-corrected chi connectivity index (χ2v) is 6.92. The summed E-state index contributed by atoms with van der Waals surface area (Å²) in [5.41, 5.74) is 2.85. The molecule has 136 valence electrons. The molecule has 0 bridgehead atoms. The van der Waals surface area contributed by atoms with Crippen molar-refractivity contribution >= 4 is 17.5 Å². The number of benzene rings is 2. The van der Waals surface area contributed by atoms with Crippen molar-refractivity contribution in [3.63, 3.8) is 0 Å². The third-order valence-corrected chi connectivity index (χ3v) is 5.21. The zero-order chi connectivity index (χ0) is 18.2. The molecule has 1 aromatic heterocycles. The van der Waals surface area contributed by atoms with E-state index in [1.54, 1.807) is 16.4 Å². The summed E-state index contributed by atoms with van der Waals surface area (Å²) >= 11 is 1.61. The Morgan fingerprint density at radius 3 is 2.93 bits per heavy atom. The molecule has 0 unspecified atom stereocenters.